The molecule has 0 unspecified atom stereocenters. The van der Waals surface area contributed by atoms with Crippen LogP contribution in [0.1, 0.15) is 58.8 Å². The molecule has 1 saturated carbocycles. The van der Waals surface area contributed by atoms with Crippen LogP contribution in [-0.2, 0) is 9.59 Å². The van der Waals surface area contributed by atoms with E-state index in [0.29, 0.717) is 13.0 Å². The van der Waals surface area contributed by atoms with Crippen molar-refractivity contribution in [1.29, 1.82) is 0 Å². The molecule has 1 amide bonds. The number of rotatable bonds is 6. The van der Waals surface area contributed by atoms with Gasteiger partial charge in [-0.05, 0) is 32.1 Å². The Hall–Kier alpha value is -1.32. The number of nitrogens with one attached hydrogen (secondary N) is 1. The van der Waals surface area contributed by atoms with Gasteiger partial charge in [0.1, 0.15) is 0 Å². The van der Waals surface area contributed by atoms with Crippen LogP contribution in [0.3, 0.4) is 0 Å². The summed E-state index contributed by atoms with van der Waals surface area (Å²) in [6, 6.07) is 0. The number of carbonyl (C=O) groups is 2. The standard InChI is InChI=1S/C15H25NO3/c1-12(2)6-9-16-13(17)10-15(11-14(18)19)7-4-3-5-8-15/h6H,3-5,7-11H2,1-2H3,(H,16,17)(H,18,19). The topological polar surface area (TPSA) is 66.4 Å². The van der Waals surface area contributed by atoms with E-state index < -0.39 is 5.97 Å². The molecule has 0 aliphatic heterocycles. The van der Waals surface area contributed by atoms with Gasteiger partial charge in [0, 0.05) is 13.0 Å². The van der Waals surface area contributed by atoms with Crippen molar-refractivity contribution >= 4 is 11.9 Å². The number of carboxylic acid groups (broad SMARTS) is 1. The number of allylic oxidation sites excluding steroid dienone is 1. The van der Waals surface area contributed by atoms with Crippen molar-refractivity contribution in [2.75, 3.05) is 6.54 Å². The first-order valence-corrected chi connectivity index (χ1v) is 7.05. The van der Waals surface area contributed by atoms with Gasteiger partial charge in [-0.2, -0.15) is 0 Å². The van der Waals surface area contributed by atoms with Gasteiger partial charge in [0.2, 0.25) is 5.91 Å². The van der Waals surface area contributed by atoms with Gasteiger partial charge < -0.3 is 10.4 Å². The molecular formula is C15H25NO3. The smallest absolute Gasteiger partial charge is 0.303 e. The van der Waals surface area contributed by atoms with Crippen LogP contribution < -0.4 is 5.32 Å². The third kappa shape index (κ3) is 5.90. The maximum atomic E-state index is 11.9. The monoisotopic (exact) mass is 267 g/mol. The minimum Gasteiger partial charge on any atom is -0.481 e. The lowest BCUT2D eigenvalue weighted by Crippen LogP contribution is -2.35. The third-order valence-corrected chi connectivity index (χ3v) is 3.79. The first kappa shape index (κ1) is 15.7. The summed E-state index contributed by atoms with van der Waals surface area (Å²) in [5.41, 5.74) is 0.845. The molecule has 108 valence electrons. The van der Waals surface area contributed by atoms with Crippen LogP contribution in [0.5, 0.6) is 0 Å². The first-order valence-electron chi connectivity index (χ1n) is 7.05. The molecule has 1 aliphatic rings. The largest absolute Gasteiger partial charge is 0.481 e. The second-order valence-corrected chi connectivity index (χ2v) is 5.89. The predicted octanol–water partition coefficient (Wildman–Crippen LogP) is 2.88. The van der Waals surface area contributed by atoms with Gasteiger partial charge in [-0.15, -0.1) is 0 Å². The van der Waals surface area contributed by atoms with Crippen LogP contribution in [0.2, 0.25) is 0 Å². The summed E-state index contributed by atoms with van der Waals surface area (Å²) in [7, 11) is 0. The molecule has 19 heavy (non-hydrogen) atoms. The van der Waals surface area contributed by atoms with E-state index in [-0.39, 0.29) is 17.7 Å². The quantitative estimate of drug-likeness (QED) is 0.727. The Labute approximate surface area is 115 Å². The molecule has 1 rings (SSSR count). The van der Waals surface area contributed by atoms with Crippen molar-refractivity contribution in [3.63, 3.8) is 0 Å². The van der Waals surface area contributed by atoms with Crippen molar-refractivity contribution in [2.45, 2.75) is 58.8 Å². The fourth-order valence-electron chi connectivity index (χ4n) is 2.81. The molecule has 0 aromatic heterocycles. The van der Waals surface area contributed by atoms with Gasteiger partial charge in [0.15, 0.2) is 0 Å². The van der Waals surface area contributed by atoms with Crippen molar-refractivity contribution in [3.05, 3.63) is 11.6 Å². The Kier molecular flexibility index (Phi) is 6.06. The molecule has 4 heteroatoms. The summed E-state index contributed by atoms with van der Waals surface area (Å²) in [4.78, 5) is 23.0. The third-order valence-electron chi connectivity index (χ3n) is 3.79. The maximum Gasteiger partial charge on any atom is 0.303 e. The molecule has 1 fully saturated rings. The molecular weight excluding hydrogens is 242 g/mol. The fraction of sp³-hybridized carbons (Fsp3) is 0.733. The average Bonchev–Trinajstić information content (AvgIpc) is 2.27. The zero-order valence-corrected chi connectivity index (χ0v) is 12.0. The van der Waals surface area contributed by atoms with Crippen LogP contribution in [0.15, 0.2) is 11.6 Å². The summed E-state index contributed by atoms with van der Waals surface area (Å²) in [5.74, 6) is -0.820. The van der Waals surface area contributed by atoms with Gasteiger partial charge in [0.05, 0.1) is 6.42 Å². The van der Waals surface area contributed by atoms with Gasteiger partial charge in [-0.25, -0.2) is 0 Å². The molecule has 1 aliphatic carbocycles. The number of carbonyl (C=O) groups excluding carboxylic acids is 1. The highest BCUT2D eigenvalue weighted by atomic mass is 16.4. The molecule has 2 N–H and O–H groups in total. The van der Waals surface area contributed by atoms with Crippen LogP contribution >= 0.6 is 0 Å². The van der Waals surface area contributed by atoms with Crippen LogP contribution in [0.25, 0.3) is 0 Å². The van der Waals surface area contributed by atoms with Crippen LogP contribution in [0.4, 0.5) is 0 Å². The lowest BCUT2D eigenvalue weighted by molar-refractivity contribution is -0.141. The van der Waals surface area contributed by atoms with E-state index in [2.05, 4.69) is 5.32 Å². The van der Waals surface area contributed by atoms with Gasteiger partial charge in [0.25, 0.3) is 0 Å². The minimum atomic E-state index is -0.793. The molecule has 0 spiro atoms. The second-order valence-electron chi connectivity index (χ2n) is 5.89. The highest BCUT2D eigenvalue weighted by Crippen LogP contribution is 2.42. The number of carboxylic acids is 1. The first-order chi connectivity index (χ1) is 8.93. The van der Waals surface area contributed by atoms with E-state index in [9.17, 15) is 9.59 Å². The number of aliphatic carboxylic acids is 1. The Balaban J connectivity index is 2.54. The number of hydrogen-bond donors (Lipinski definition) is 2. The SMILES string of the molecule is CC(C)=CCNC(=O)CC1(CC(=O)O)CCCCC1. The van der Waals surface area contributed by atoms with Crippen molar-refractivity contribution < 1.29 is 14.7 Å². The second kappa shape index (κ2) is 7.31. The molecule has 0 bridgehead atoms. The summed E-state index contributed by atoms with van der Waals surface area (Å²) < 4.78 is 0. The van der Waals surface area contributed by atoms with Crippen molar-refractivity contribution in [3.8, 4) is 0 Å². The molecule has 0 atom stereocenters. The zero-order valence-electron chi connectivity index (χ0n) is 12.0. The van der Waals surface area contributed by atoms with E-state index in [0.717, 1.165) is 32.1 Å². The maximum absolute atomic E-state index is 11.9. The molecule has 0 heterocycles. The molecule has 0 aromatic carbocycles. The van der Waals surface area contributed by atoms with Crippen LogP contribution in [-0.4, -0.2) is 23.5 Å². The van der Waals surface area contributed by atoms with Gasteiger partial charge in [-0.3, -0.25) is 9.59 Å². The lowest BCUT2D eigenvalue weighted by Gasteiger charge is -2.35. The molecule has 0 saturated heterocycles. The Morgan fingerprint density at radius 3 is 2.32 bits per heavy atom. The number of amides is 1. The molecule has 0 radical (unpaired) electrons. The molecule has 4 nitrogen and oxygen atoms in total. The summed E-state index contributed by atoms with van der Waals surface area (Å²) >= 11 is 0. The van der Waals surface area contributed by atoms with E-state index in [1.807, 2.05) is 19.9 Å². The predicted molar refractivity (Wildman–Crippen MR) is 74.8 cm³/mol. The fourth-order valence-corrected chi connectivity index (χ4v) is 2.81. The zero-order chi connectivity index (χ0) is 14.3. The van der Waals surface area contributed by atoms with Gasteiger partial charge in [-0.1, -0.05) is 30.9 Å². The molecule has 0 aromatic rings. The summed E-state index contributed by atoms with van der Waals surface area (Å²) in [6.07, 6.45) is 7.36. The van der Waals surface area contributed by atoms with E-state index in [4.69, 9.17) is 5.11 Å². The van der Waals surface area contributed by atoms with Crippen LogP contribution in [0, 0.1) is 5.41 Å². The Bertz CT molecular complexity index is 350. The van der Waals surface area contributed by atoms with E-state index in [1.54, 1.807) is 0 Å². The Morgan fingerprint density at radius 2 is 1.79 bits per heavy atom. The summed E-state index contributed by atoms with van der Waals surface area (Å²) in [5, 5.41) is 11.9. The normalized spacial score (nSPS) is 17.6. The minimum absolute atomic E-state index is 0.0272. The summed E-state index contributed by atoms with van der Waals surface area (Å²) in [6.45, 7) is 4.50. The van der Waals surface area contributed by atoms with Crippen molar-refractivity contribution in [1.82, 2.24) is 5.32 Å². The average molecular weight is 267 g/mol. The van der Waals surface area contributed by atoms with E-state index >= 15 is 0 Å². The number of hydrogen-bond acceptors (Lipinski definition) is 2. The highest BCUT2D eigenvalue weighted by Gasteiger charge is 2.36. The Morgan fingerprint density at radius 1 is 1.16 bits per heavy atom. The van der Waals surface area contributed by atoms with E-state index in [1.165, 1.54) is 5.57 Å². The van der Waals surface area contributed by atoms with Gasteiger partial charge >= 0.3 is 5.97 Å². The van der Waals surface area contributed by atoms with Crippen molar-refractivity contribution in [2.24, 2.45) is 5.41 Å². The lowest BCUT2D eigenvalue weighted by atomic mass is 9.69. The highest BCUT2D eigenvalue weighted by molar-refractivity contribution is 5.78.